The lowest BCUT2D eigenvalue weighted by Gasteiger charge is -2.37. The average Bonchev–Trinajstić information content (AvgIpc) is 2.40. The van der Waals surface area contributed by atoms with Crippen LogP contribution in [-0.4, -0.2) is 42.1 Å². The number of nitrogens with one attached hydrogen (secondary N) is 1. The number of hydrogen-bond donors (Lipinski definition) is 1. The lowest BCUT2D eigenvalue weighted by molar-refractivity contribution is -0.139. The Morgan fingerprint density at radius 2 is 2.05 bits per heavy atom. The highest BCUT2D eigenvalue weighted by molar-refractivity contribution is 6.32. The topological polar surface area (TPSA) is 41.6 Å². The van der Waals surface area contributed by atoms with Gasteiger partial charge in [-0.2, -0.15) is 0 Å². The Bertz CT molecular complexity index is 516. The van der Waals surface area contributed by atoms with Crippen LogP contribution in [0, 0.1) is 5.82 Å². The minimum Gasteiger partial charge on any atom is -0.479 e. The molecule has 0 spiro atoms. The van der Waals surface area contributed by atoms with Crippen LogP contribution in [-0.2, 0) is 4.79 Å². The summed E-state index contributed by atoms with van der Waals surface area (Å²) in [6.45, 7) is 7.05. The molecule has 1 amide bonds. The van der Waals surface area contributed by atoms with Crippen LogP contribution < -0.4 is 10.1 Å². The predicted molar refractivity (Wildman–Crippen MR) is 80.1 cm³/mol. The number of hydrogen-bond acceptors (Lipinski definition) is 3. The van der Waals surface area contributed by atoms with Gasteiger partial charge in [-0.25, -0.2) is 4.39 Å². The minimum atomic E-state index is -0.662. The fraction of sp³-hybridized carbons (Fsp3) is 0.533. The van der Waals surface area contributed by atoms with Gasteiger partial charge in [0.25, 0.3) is 5.91 Å². The zero-order valence-electron chi connectivity index (χ0n) is 12.4. The van der Waals surface area contributed by atoms with Gasteiger partial charge < -0.3 is 15.0 Å². The third-order valence-electron chi connectivity index (χ3n) is 3.41. The smallest absolute Gasteiger partial charge is 0.263 e. The third kappa shape index (κ3) is 4.08. The van der Waals surface area contributed by atoms with Gasteiger partial charge in [0, 0.05) is 25.2 Å². The number of ether oxygens (including phenoxy) is 1. The third-order valence-corrected chi connectivity index (χ3v) is 3.71. The SMILES string of the molecule is C[C@@H]1CN(C(=O)[C@H](C)Oc2ccc(F)cc2Cl)C[C@H](C)N1. The fourth-order valence-corrected chi connectivity index (χ4v) is 2.79. The molecule has 0 aliphatic carbocycles. The highest BCUT2D eigenvalue weighted by Crippen LogP contribution is 2.26. The van der Waals surface area contributed by atoms with Gasteiger partial charge in [-0.3, -0.25) is 4.79 Å². The summed E-state index contributed by atoms with van der Waals surface area (Å²) in [6, 6.07) is 4.36. The number of carbonyl (C=O) groups is 1. The summed E-state index contributed by atoms with van der Waals surface area (Å²) < 4.78 is 18.6. The van der Waals surface area contributed by atoms with Crippen molar-refractivity contribution in [2.45, 2.75) is 39.0 Å². The van der Waals surface area contributed by atoms with Gasteiger partial charge in [0.15, 0.2) is 6.10 Å². The van der Waals surface area contributed by atoms with Crippen molar-refractivity contribution in [3.8, 4) is 5.75 Å². The fourth-order valence-electron chi connectivity index (χ4n) is 2.58. The van der Waals surface area contributed by atoms with E-state index < -0.39 is 11.9 Å². The quantitative estimate of drug-likeness (QED) is 0.932. The molecule has 1 aliphatic rings. The van der Waals surface area contributed by atoms with E-state index in [0.717, 1.165) is 0 Å². The Morgan fingerprint density at radius 3 is 2.62 bits per heavy atom. The van der Waals surface area contributed by atoms with E-state index in [9.17, 15) is 9.18 Å². The summed E-state index contributed by atoms with van der Waals surface area (Å²) in [6.07, 6.45) is -0.662. The van der Waals surface area contributed by atoms with Crippen molar-refractivity contribution in [1.82, 2.24) is 10.2 Å². The van der Waals surface area contributed by atoms with Gasteiger partial charge in [-0.1, -0.05) is 11.6 Å². The van der Waals surface area contributed by atoms with Gasteiger partial charge >= 0.3 is 0 Å². The zero-order valence-corrected chi connectivity index (χ0v) is 13.2. The molecule has 1 aromatic carbocycles. The first-order valence-electron chi connectivity index (χ1n) is 7.03. The second kappa shape index (κ2) is 6.62. The Hall–Kier alpha value is -1.33. The van der Waals surface area contributed by atoms with Crippen LogP contribution in [0.4, 0.5) is 4.39 Å². The molecular weight excluding hydrogens is 295 g/mol. The summed E-state index contributed by atoms with van der Waals surface area (Å²) in [5.74, 6) is -0.207. The van der Waals surface area contributed by atoms with Crippen LogP contribution >= 0.6 is 11.6 Å². The molecule has 0 radical (unpaired) electrons. The maximum atomic E-state index is 13.0. The van der Waals surface area contributed by atoms with Gasteiger partial charge in [0.05, 0.1) is 5.02 Å². The molecule has 1 heterocycles. The van der Waals surface area contributed by atoms with Gasteiger partial charge in [0.2, 0.25) is 0 Å². The second-order valence-corrected chi connectivity index (χ2v) is 5.95. The first-order valence-corrected chi connectivity index (χ1v) is 7.41. The molecule has 116 valence electrons. The van der Waals surface area contributed by atoms with E-state index in [2.05, 4.69) is 5.32 Å². The second-order valence-electron chi connectivity index (χ2n) is 5.55. The molecule has 0 saturated carbocycles. The van der Waals surface area contributed by atoms with E-state index in [4.69, 9.17) is 16.3 Å². The lowest BCUT2D eigenvalue weighted by Crippen LogP contribution is -2.57. The summed E-state index contributed by atoms with van der Waals surface area (Å²) in [5, 5.41) is 3.53. The number of piperazine rings is 1. The maximum Gasteiger partial charge on any atom is 0.263 e. The number of carbonyl (C=O) groups excluding carboxylic acids is 1. The summed E-state index contributed by atoms with van der Waals surface area (Å²) in [7, 11) is 0. The first-order chi connectivity index (χ1) is 9.86. The monoisotopic (exact) mass is 314 g/mol. The molecule has 1 aliphatic heterocycles. The average molecular weight is 315 g/mol. The molecule has 4 nitrogen and oxygen atoms in total. The largest absolute Gasteiger partial charge is 0.479 e. The predicted octanol–water partition coefficient (Wildman–Crippen LogP) is 2.46. The normalized spacial score (nSPS) is 23.8. The Labute approximate surface area is 129 Å². The number of rotatable bonds is 3. The van der Waals surface area contributed by atoms with Crippen molar-refractivity contribution in [2.75, 3.05) is 13.1 Å². The number of halogens is 2. The number of amides is 1. The van der Waals surface area contributed by atoms with Crippen LogP contribution in [0.15, 0.2) is 18.2 Å². The number of nitrogens with zero attached hydrogens (tertiary/aromatic N) is 1. The van der Waals surface area contributed by atoms with E-state index >= 15 is 0 Å². The molecular formula is C15H20ClFN2O2. The Morgan fingerprint density at radius 1 is 1.43 bits per heavy atom. The van der Waals surface area contributed by atoms with Gasteiger partial charge in [0.1, 0.15) is 11.6 Å². The van der Waals surface area contributed by atoms with Crippen molar-refractivity contribution in [3.05, 3.63) is 29.0 Å². The van der Waals surface area contributed by atoms with Gasteiger partial charge in [-0.05, 0) is 39.0 Å². The Balaban J connectivity index is 2.02. The van der Waals surface area contributed by atoms with Crippen molar-refractivity contribution >= 4 is 17.5 Å². The zero-order chi connectivity index (χ0) is 15.6. The summed E-state index contributed by atoms with van der Waals surface area (Å²) in [4.78, 5) is 14.2. The molecule has 6 heteroatoms. The Kier molecular flexibility index (Phi) is 5.06. The maximum absolute atomic E-state index is 13.0. The van der Waals surface area contributed by atoms with Crippen molar-refractivity contribution in [1.29, 1.82) is 0 Å². The van der Waals surface area contributed by atoms with Crippen molar-refractivity contribution in [3.63, 3.8) is 0 Å². The van der Waals surface area contributed by atoms with Crippen molar-refractivity contribution in [2.24, 2.45) is 0 Å². The van der Waals surface area contributed by atoms with E-state index in [1.807, 2.05) is 13.8 Å². The van der Waals surface area contributed by atoms with Crippen LogP contribution in [0.2, 0.25) is 5.02 Å². The molecule has 3 atom stereocenters. The highest BCUT2D eigenvalue weighted by Gasteiger charge is 2.29. The molecule has 1 saturated heterocycles. The number of benzene rings is 1. The molecule has 0 unspecified atom stereocenters. The van der Waals surface area contributed by atoms with Crippen LogP contribution in [0.25, 0.3) is 0 Å². The van der Waals surface area contributed by atoms with E-state index in [1.165, 1.54) is 18.2 Å². The van der Waals surface area contributed by atoms with Gasteiger partial charge in [-0.15, -0.1) is 0 Å². The standard InChI is InChI=1S/C15H20ClFN2O2/c1-9-7-19(8-10(2)18-9)15(20)11(3)21-14-5-4-12(17)6-13(14)16/h4-6,9-11,18H,7-8H2,1-3H3/t9-,10+,11-/m0/s1. The lowest BCUT2D eigenvalue weighted by atomic mass is 10.1. The van der Waals surface area contributed by atoms with E-state index in [-0.39, 0.29) is 23.0 Å². The van der Waals surface area contributed by atoms with E-state index in [1.54, 1.807) is 11.8 Å². The molecule has 21 heavy (non-hydrogen) atoms. The first kappa shape index (κ1) is 16.0. The molecule has 0 bridgehead atoms. The summed E-state index contributed by atoms with van der Waals surface area (Å²) in [5.41, 5.74) is 0. The van der Waals surface area contributed by atoms with E-state index in [0.29, 0.717) is 18.8 Å². The molecule has 2 rings (SSSR count). The highest BCUT2D eigenvalue weighted by atomic mass is 35.5. The molecule has 1 fully saturated rings. The molecule has 1 N–H and O–H groups in total. The summed E-state index contributed by atoms with van der Waals surface area (Å²) >= 11 is 5.91. The van der Waals surface area contributed by atoms with Crippen LogP contribution in [0.5, 0.6) is 5.75 Å². The molecule has 0 aromatic heterocycles. The van der Waals surface area contributed by atoms with Crippen LogP contribution in [0.3, 0.4) is 0 Å². The minimum absolute atomic E-state index is 0.0874. The van der Waals surface area contributed by atoms with Crippen LogP contribution in [0.1, 0.15) is 20.8 Å². The van der Waals surface area contributed by atoms with Crippen molar-refractivity contribution < 1.29 is 13.9 Å². The molecule has 1 aromatic rings.